The molecule has 2 aromatic carbocycles. The first-order valence-electron chi connectivity index (χ1n) is 6.84. The highest BCUT2D eigenvalue weighted by Gasteiger charge is 2.14. The van der Waals surface area contributed by atoms with Crippen LogP contribution in [0.25, 0.3) is 0 Å². The average molecular weight is 263 g/mol. The van der Waals surface area contributed by atoms with Crippen LogP contribution < -0.4 is 10.2 Å². The van der Waals surface area contributed by atoms with Gasteiger partial charge in [-0.05, 0) is 41.8 Å². The zero-order valence-electron chi connectivity index (χ0n) is 11.6. The minimum absolute atomic E-state index is 0.699. The topological polar surface area (TPSA) is 39.1 Å². The Bertz CT molecular complexity index is 653. The summed E-state index contributed by atoms with van der Waals surface area (Å²) in [6.07, 6.45) is 1.11. The first-order chi connectivity index (χ1) is 9.78. The monoisotopic (exact) mass is 263 g/mol. The van der Waals surface area contributed by atoms with Crippen molar-refractivity contribution >= 4 is 11.4 Å². The van der Waals surface area contributed by atoms with Gasteiger partial charge in [0.1, 0.15) is 0 Å². The van der Waals surface area contributed by atoms with E-state index in [4.69, 9.17) is 5.26 Å². The molecule has 0 bridgehead atoms. The zero-order valence-corrected chi connectivity index (χ0v) is 11.6. The Hall–Kier alpha value is -2.47. The lowest BCUT2D eigenvalue weighted by atomic mass is 10.1. The molecule has 2 aromatic rings. The van der Waals surface area contributed by atoms with Crippen molar-refractivity contribution in [2.24, 2.45) is 0 Å². The molecule has 3 heteroatoms. The van der Waals surface area contributed by atoms with E-state index in [9.17, 15) is 0 Å². The van der Waals surface area contributed by atoms with Crippen LogP contribution in [0.4, 0.5) is 11.4 Å². The molecule has 0 radical (unpaired) electrons. The van der Waals surface area contributed by atoms with E-state index in [1.807, 2.05) is 24.3 Å². The van der Waals surface area contributed by atoms with Gasteiger partial charge in [-0.25, -0.2) is 0 Å². The Morgan fingerprint density at radius 3 is 2.75 bits per heavy atom. The summed E-state index contributed by atoms with van der Waals surface area (Å²) in [7, 11) is 2.08. The van der Waals surface area contributed by atoms with Gasteiger partial charge in [0.05, 0.1) is 11.6 Å². The molecule has 0 atom stereocenters. The number of fused-ring (bicyclic) bond motifs is 1. The lowest BCUT2D eigenvalue weighted by Gasteiger charge is -2.21. The molecule has 0 spiro atoms. The summed E-state index contributed by atoms with van der Waals surface area (Å²) in [6, 6.07) is 16.4. The Labute approximate surface area is 119 Å². The van der Waals surface area contributed by atoms with Gasteiger partial charge in [0.2, 0.25) is 0 Å². The first-order valence-corrected chi connectivity index (χ1v) is 6.84. The molecule has 0 unspecified atom stereocenters. The fraction of sp³-hybridized carbons (Fsp3) is 0.235. The maximum absolute atomic E-state index is 8.84. The van der Waals surface area contributed by atoms with E-state index in [1.54, 1.807) is 0 Å². The fourth-order valence-electron chi connectivity index (χ4n) is 2.68. The van der Waals surface area contributed by atoms with Crippen molar-refractivity contribution in [3.8, 4) is 6.07 Å². The number of hydrogen-bond donors (Lipinski definition) is 1. The van der Waals surface area contributed by atoms with E-state index < -0.39 is 0 Å². The Morgan fingerprint density at radius 1 is 1.20 bits per heavy atom. The zero-order chi connectivity index (χ0) is 13.9. The maximum atomic E-state index is 8.84. The van der Waals surface area contributed by atoms with Gasteiger partial charge in [-0.1, -0.05) is 18.2 Å². The van der Waals surface area contributed by atoms with E-state index in [1.165, 1.54) is 16.8 Å². The van der Waals surface area contributed by atoms with Crippen LogP contribution in [0.5, 0.6) is 0 Å². The molecule has 20 heavy (non-hydrogen) atoms. The number of para-hydroxylation sites is 1. The van der Waals surface area contributed by atoms with Crippen LogP contribution >= 0.6 is 0 Å². The predicted molar refractivity (Wildman–Crippen MR) is 81.9 cm³/mol. The molecule has 0 saturated carbocycles. The Morgan fingerprint density at radius 2 is 2.00 bits per heavy atom. The van der Waals surface area contributed by atoms with Gasteiger partial charge in [-0.15, -0.1) is 0 Å². The highest BCUT2D eigenvalue weighted by molar-refractivity contribution is 5.62. The summed E-state index contributed by atoms with van der Waals surface area (Å²) in [4.78, 5) is 2.21. The van der Waals surface area contributed by atoms with Gasteiger partial charge >= 0.3 is 0 Å². The molecule has 0 aliphatic carbocycles. The normalized spacial score (nSPS) is 12.4. The molecule has 0 amide bonds. The van der Waals surface area contributed by atoms with Gasteiger partial charge in [-0.2, -0.15) is 5.26 Å². The van der Waals surface area contributed by atoms with Crippen LogP contribution in [-0.2, 0) is 13.0 Å². The third kappa shape index (κ3) is 2.33. The van der Waals surface area contributed by atoms with Crippen LogP contribution in [0, 0.1) is 11.3 Å². The van der Waals surface area contributed by atoms with E-state index in [0.29, 0.717) is 5.56 Å². The molecule has 1 heterocycles. The fourth-order valence-corrected chi connectivity index (χ4v) is 2.68. The molecule has 3 rings (SSSR count). The van der Waals surface area contributed by atoms with Gasteiger partial charge in [-0.3, -0.25) is 0 Å². The number of nitriles is 1. The molecular formula is C17H17N3. The number of benzene rings is 2. The second-order valence-corrected chi connectivity index (χ2v) is 5.14. The number of nitrogens with one attached hydrogen (secondary N) is 1. The maximum Gasteiger partial charge on any atom is 0.0991 e. The summed E-state index contributed by atoms with van der Waals surface area (Å²) >= 11 is 0. The lowest BCUT2D eigenvalue weighted by molar-refractivity contribution is 0.924. The molecular weight excluding hydrogens is 246 g/mol. The lowest BCUT2D eigenvalue weighted by Crippen LogP contribution is -2.17. The Balaban J connectivity index is 1.80. The Kier molecular flexibility index (Phi) is 3.30. The van der Waals surface area contributed by atoms with Crippen LogP contribution in [0.15, 0.2) is 42.5 Å². The van der Waals surface area contributed by atoms with Crippen molar-refractivity contribution < 1.29 is 0 Å². The standard InChI is InChI=1S/C17H17N3/c1-20(16-7-5-13(11-18)6-8-16)12-15-4-2-3-14-9-10-19-17(14)15/h2-8,19H,9-10,12H2,1H3. The molecule has 100 valence electrons. The number of anilines is 2. The number of nitrogens with zero attached hydrogens (tertiary/aromatic N) is 2. The second kappa shape index (κ2) is 5.26. The van der Waals surface area contributed by atoms with Crippen molar-refractivity contribution in [3.63, 3.8) is 0 Å². The van der Waals surface area contributed by atoms with Crippen molar-refractivity contribution in [2.75, 3.05) is 23.8 Å². The predicted octanol–water partition coefficient (Wildman–Crippen LogP) is 3.16. The molecule has 1 aliphatic rings. The number of hydrogen-bond acceptors (Lipinski definition) is 3. The van der Waals surface area contributed by atoms with E-state index >= 15 is 0 Å². The van der Waals surface area contributed by atoms with E-state index in [-0.39, 0.29) is 0 Å². The van der Waals surface area contributed by atoms with Crippen molar-refractivity contribution in [1.82, 2.24) is 0 Å². The largest absolute Gasteiger partial charge is 0.384 e. The minimum atomic E-state index is 0.699. The smallest absolute Gasteiger partial charge is 0.0991 e. The van der Waals surface area contributed by atoms with Crippen LogP contribution in [-0.4, -0.2) is 13.6 Å². The molecule has 0 saturated heterocycles. The van der Waals surface area contributed by atoms with E-state index in [2.05, 4.69) is 41.5 Å². The summed E-state index contributed by atoms with van der Waals surface area (Å²) < 4.78 is 0. The summed E-state index contributed by atoms with van der Waals surface area (Å²) in [5.74, 6) is 0. The minimum Gasteiger partial charge on any atom is -0.384 e. The third-order valence-corrected chi connectivity index (χ3v) is 3.78. The van der Waals surface area contributed by atoms with Crippen LogP contribution in [0.1, 0.15) is 16.7 Å². The summed E-state index contributed by atoms with van der Waals surface area (Å²) in [5.41, 5.74) is 5.86. The average Bonchev–Trinajstić information content (AvgIpc) is 2.97. The van der Waals surface area contributed by atoms with Crippen LogP contribution in [0.2, 0.25) is 0 Å². The molecule has 1 N–H and O–H groups in total. The summed E-state index contributed by atoms with van der Waals surface area (Å²) in [5, 5.41) is 12.3. The highest BCUT2D eigenvalue weighted by Crippen LogP contribution is 2.28. The van der Waals surface area contributed by atoms with Crippen molar-refractivity contribution in [3.05, 3.63) is 59.2 Å². The third-order valence-electron chi connectivity index (χ3n) is 3.78. The SMILES string of the molecule is CN(Cc1cccc2c1NCC2)c1ccc(C#N)cc1. The van der Waals surface area contributed by atoms with Crippen LogP contribution in [0.3, 0.4) is 0 Å². The summed E-state index contributed by atoms with van der Waals surface area (Å²) in [6.45, 7) is 1.90. The molecule has 0 fully saturated rings. The van der Waals surface area contributed by atoms with Crippen molar-refractivity contribution in [2.45, 2.75) is 13.0 Å². The molecule has 0 aromatic heterocycles. The molecule has 3 nitrogen and oxygen atoms in total. The highest BCUT2D eigenvalue weighted by atomic mass is 15.1. The first kappa shape index (κ1) is 12.6. The van der Waals surface area contributed by atoms with Gasteiger partial charge in [0.15, 0.2) is 0 Å². The molecule has 1 aliphatic heterocycles. The van der Waals surface area contributed by atoms with Crippen molar-refractivity contribution in [1.29, 1.82) is 5.26 Å². The second-order valence-electron chi connectivity index (χ2n) is 5.14. The van der Waals surface area contributed by atoms with E-state index in [0.717, 1.165) is 25.2 Å². The van der Waals surface area contributed by atoms with Gasteiger partial charge in [0, 0.05) is 31.5 Å². The van der Waals surface area contributed by atoms with Gasteiger partial charge in [0.25, 0.3) is 0 Å². The van der Waals surface area contributed by atoms with Gasteiger partial charge < -0.3 is 10.2 Å². The number of rotatable bonds is 3. The quantitative estimate of drug-likeness (QED) is 0.924.